The van der Waals surface area contributed by atoms with E-state index in [0.717, 1.165) is 4.68 Å². The smallest absolute Gasteiger partial charge is 0.354 e. The summed E-state index contributed by atoms with van der Waals surface area (Å²) < 4.78 is 29.3. The molecule has 0 radical (unpaired) electrons. The number of nitrogens with zero attached hydrogens (tertiary/aromatic N) is 2. The fourth-order valence-electron chi connectivity index (χ4n) is 2.15. The van der Waals surface area contributed by atoms with Crippen LogP contribution in [0.25, 0.3) is 0 Å². The number of carboxylic acids is 1. The van der Waals surface area contributed by atoms with Gasteiger partial charge in [-0.1, -0.05) is 12.1 Å². The van der Waals surface area contributed by atoms with Crippen molar-refractivity contribution in [2.24, 2.45) is 12.2 Å². The summed E-state index contributed by atoms with van der Waals surface area (Å²) in [7, 11) is -1.24. The number of methoxy groups -OCH3 is 1. The maximum absolute atomic E-state index is 11.6. The quantitative estimate of drug-likeness (QED) is 0.818. The lowest BCUT2D eigenvalue weighted by Crippen LogP contribution is -2.15. The number of nitrogens with two attached hydrogens (primary N) is 1. The summed E-state index contributed by atoms with van der Waals surface area (Å²) in [5, 5.41) is 17.7. The molecule has 1 heterocycles. The van der Waals surface area contributed by atoms with Gasteiger partial charge in [-0.3, -0.25) is 4.68 Å². The van der Waals surface area contributed by atoms with E-state index in [-0.39, 0.29) is 17.7 Å². The Morgan fingerprint density at radius 2 is 1.95 bits per heavy atom. The molecule has 0 spiro atoms. The maximum atomic E-state index is 11.6. The Labute approximate surface area is 127 Å². The van der Waals surface area contributed by atoms with Crippen molar-refractivity contribution in [1.82, 2.24) is 9.78 Å². The van der Waals surface area contributed by atoms with Crippen LogP contribution in [0.3, 0.4) is 0 Å². The van der Waals surface area contributed by atoms with Gasteiger partial charge in [-0.25, -0.2) is 18.4 Å². The summed E-state index contributed by atoms with van der Waals surface area (Å²) in [6.45, 7) is 0. The van der Waals surface area contributed by atoms with Crippen molar-refractivity contribution in [3.63, 3.8) is 0 Å². The van der Waals surface area contributed by atoms with E-state index in [4.69, 9.17) is 9.88 Å². The molecular weight excluding hydrogens is 310 g/mol. The van der Waals surface area contributed by atoms with E-state index in [1.807, 2.05) is 0 Å². The molecule has 0 aliphatic carbocycles. The number of aryl methyl sites for hydroxylation is 1. The minimum atomic E-state index is -4.12. The molecule has 0 fully saturated rings. The predicted molar refractivity (Wildman–Crippen MR) is 77.3 cm³/mol. The number of primary sulfonamides is 1. The van der Waals surface area contributed by atoms with Crippen molar-refractivity contribution >= 4 is 16.0 Å². The highest BCUT2D eigenvalue weighted by atomic mass is 32.2. The molecule has 2 aromatic rings. The summed E-state index contributed by atoms with van der Waals surface area (Å²) in [6, 6.07) is 6.82. The molecule has 1 aromatic carbocycles. The predicted octanol–water partition coefficient (Wildman–Crippen LogP) is 0.365. The number of sulfonamides is 1. The zero-order chi connectivity index (χ0) is 16.5. The second-order valence-electron chi connectivity index (χ2n) is 4.63. The number of hydrogen-bond acceptors (Lipinski definition) is 5. The highest BCUT2D eigenvalue weighted by molar-refractivity contribution is 7.89. The van der Waals surface area contributed by atoms with Crippen molar-refractivity contribution < 1.29 is 23.1 Å². The van der Waals surface area contributed by atoms with Gasteiger partial charge in [0.2, 0.25) is 0 Å². The Morgan fingerprint density at radius 1 is 1.36 bits per heavy atom. The van der Waals surface area contributed by atoms with E-state index in [1.54, 1.807) is 24.3 Å². The zero-order valence-electron chi connectivity index (χ0n) is 12.0. The van der Waals surface area contributed by atoms with Crippen LogP contribution in [0, 0.1) is 0 Å². The average Bonchev–Trinajstić information content (AvgIpc) is 2.76. The highest BCUT2D eigenvalue weighted by Crippen LogP contribution is 2.22. The first-order valence-corrected chi connectivity index (χ1v) is 7.73. The van der Waals surface area contributed by atoms with Crippen LogP contribution < -0.4 is 9.88 Å². The van der Waals surface area contributed by atoms with Crippen LogP contribution in [0.15, 0.2) is 29.3 Å². The zero-order valence-corrected chi connectivity index (χ0v) is 12.8. The fourth-order valence-corrected chi connectivity index (χ4v) is 2.89. The lowest BCUT2D eigenvalue weighted by Gasteiger charge is -2.05. The first-order chi connectivity index (χ1) is 10.2. The molecule has 0 amide bonds. The summed E-state index contributed by atoms with van der Waals surface area (Å²) in [6.07, 6.45) is 0.0746. The van der Waals surface area contributed by atoms with Gasteiger partial charge in [0.05, 0.1) is 7.11 Å². The lowest BCUT2D eigenvalue weighted by molar-refractivity contribution is 0.0684. The summed E-state index contributed by atoms with van der Waals surface area (Å²) in [5.74, 6) is -0.631. The molecule has 118 valence electrons. The summed E-state index contributed by atoms with van der Waals surface area (Å²) in [5.41, 5.74) is 0.559. The molecule has 2 rings (SSSR count). The Hall–Kier alpha value is -2.39. The van der Waals surface area contributed by atoms with E-state index >= 15 is 0 Å². The normalized spacial score (nSPS) is 11.4. The molecular formula is C13H15N3O5S. The van der Waals surface area contributed by atoms with Gasteiger partial charge in [-0.05, 0) is 17.7 Å². The van der Waals surface area contributed by atoms with Crippen LogP contribution in [0.1, 0.15) is 21.6 Å². The molecule has 22 heavy (non-hydrogen) atoms. The Balaban J connectivity index is 2.54. The largest absolute Gasteiger partial charge is 0.497 e. The Bertz CT molecular complexity index is 809. The van der Waals surface area contributed by atoms with Crippen LogP contribution in [0.4, 0.5) is 0 Å². The van der Waals surface area contributed by atoms with Crippen molar-refractivity contribution in [2.75, 3.05) is 7.11 Å². The van der Waals surface area contributed by atoms with Crippen molar-refractivity contribution in [3.05, 3.63) is 41.1 Å². The highest BCUT2D eigenvalue weighted by Gasteiger charge is 2.27. The molecule has 0 bridgehead atoms. The van der Waals surface area contributed by atoms with E-state index < -0.39 is 21.0 Å². The minimum absolute atomic E-state index is 0.0580. The van der Waals surface area contributed by atoms with Gasteiger partial charge in [0.25, 0.3) is 10.0 Å². The van der Waals surface area contributed by atoms with Crippen molar-refractivity contribution in [1.29, 1.82) is 0 Å². The molecule has 0 atom stereocenters. The molecule has 8 nitrogen and oxygen atoms in total. The number of benzene rings is 1. The van der Waals surface area contributed by atoms with Gasteiger partial charge in [0, 0.05) is 19.0 Å². The summed E-state index contributed by atoms with van der Waals surface area (Å²) in [4.78, 5) is 11.4. The number of hydrogen-bond donors (Lipinski definition) is 2. The van der Waals surface area contributed by atoms with E-state index in [1.165, 1.54) is 14.2 Å². The average molecular weight is 325 g/mol. The Morgan fingerprint density at radius 3 is 2.41 bits per heavy atom. The first-order valence-electron chi connectivity index (χ1n) is 6.19. The number of carboxylic acid groups (broad SMARTS) is 1. The molecule has 0 unspecified atom stereocenters. The van der Waals surface area contributed by atoms with Gasteiger partial charge in [-0.15, -0.1) is 0 Å². The van der Waals surface area contributed by atoms with Crippen LogP contribution in [-0.2, 0) is 23.5 Å². The third-order valence-electron chi connectivity index (χ3n) is 3.12. The number of carbonyl (C=O) groups is 1. The SMILES string of the molecule is COc1ccc(Cc2c(S(N)(=O)=O)nn(C)c2C(=O)O)cc1. The van der Waals surface area contributed by atoms with Crippen molar-refractivity contribution in [3.8, 4) is 5.75 Å². The van der Waals surface area contributed by atoms with E-state index in [0.29, 0.717) is 11.3 Å². The van der Waals surface area contributed by atoms with Gasteiger partial charge in [0.15, 0.2) is 10.7 Å². The van der Waals surface area contributed by atoms with Crippen LogP contribution >= 0.6 is 0 Å². The number of rotatable bonds is 5. The molecule has 1 aromatic heterocycles. The number of aromatic carboxylic acids is 1. The molecule has 3 N–H and O–H groups in total. The molecule has 0 aliphatic rings. The lowest BCUT2D eigenvalue weighted by atomic mass is 10.1. The van der Waals surface area contributed by atoms with Crippen LogP contribution in [-0.4, -0.2) is 36.4 Å². The topological polar surface area (TPSA) is 125 Å². The van der Waals surface area contributed by atoms with Gasteiger partial charge in [-0.2, -0.15) is 5.10 Å². The molecule has 0 saturated carbocycles. The van der Waals surface area contributed by atoms with Gasteiger partial charge in [0.1, 0.15) is 5.75 Å². The number of ether oxygens (including phenoxy) is 1. The third-order valence-corrected chi connectivity index (χ3v) is 3.99. The van der Waals surface area contributed by atoms with Gasteiger partial charge >= 0.3 is 5.97 Å². The second-order valence-corrected chi connectivity index (χ2v) is 6.11. The summed E-state index contributed by atoms with van der Waals surface area (Å²) >= 11 is 0. The number of aromatic nitrogens is 2. The Kier molecular flexibility index (Phi) is 4.20. The van der Waals surface area contributed by atoms with Gasteiger partial charge < -0.3 is 9.84 Å². The first kappa shape index (κ1) is 16.0. The minimum Gasteiger partial charge on any atom is -0.497 e. The molecule has 0 aliphatic heterocycles. The van der Waals surface area contributed by atoms with E-state index in [2.05, 4.69) is 5.10 Å². The second kappa shape index (κ2) is 5.78. The monoisotopic (exact) mass is 325 g/mol. The standard InChI is InChI=1S/C13H15N3O5S/c1-16-11(13(17)18)10(12(15-16)22(14,19)20)7-8-3-5-9(21-2)6-4-8/h3-6H,7H2,1-2H3,(H,17,18)(H2,14,19,20). The van der Waals surface area contributed by atoms with E-state index in [9.17, 15) is 18.3 Å². The third kappa shape index (κ3) is 3.10. The maximum Gasteiger partial charge on any atom is 0.354 e. The van der Waals surface area contributed by atoms with Crippen LogP contribution in [0.5, 0.6) is 5.75 Å². The fraction of sp³-hybridized carbons (Fsp3) is 0.231. The van der Waals surface area contributed by atoms with Crippen LogP contribution in [0.2, 0.25) is 0 Å². The molecule has 0 saturated heterocycles. The van der Waals surface area contributed by atoms with Crippen molar-refractivity contribution in [2.45, 2.75) is 11.4 Å². The molecule has 9 heteroatoms.